The lowest BCUT2D eigenvalue weighted by atomic mass is 10.2. The number of hydrogen-bond donors (Lipinski definition) is 1. The first kappa shape index (κ1) is 12.0. The third-order valence-electron chi connectivity index (χ3n) is 3.06. The molecule has 1 fully saturated rings. The predicted octanol–water partition coefficient (Wildman–Crippen LogP) is 1.79. The average Bonchev–Trinajstić information content (AvgIpc) is 3.13. The van der Waals surface area contributed by atoms with E-state index in [-0.39, 0.29) is 10.8 Å². The number of rotatable bonds is 2. The first-order valence-electron chi connectivity index (χ1n) is 5.65. The van der Waals surface area contributed by atoms with Crippen molar-refractivity contribution in [3.8, 4) is 0 Å². The summed E-state index contributed by atoms with van der Waals surface area (Å²) in [6.45, 7) is 0. The van der Waals surface area contributed by atoms with Crippen molar-refractivity contribution in [3.63, 3.8) is 0 Å². The van der Waals surface area contributed by atoms with E-state index in [2.05, 4.69) is 9.82 Å². The van der Waals surface area contributed by atoms with Crippen LogP contribution in [0.1, 0.15) is 12.8 Å². The molecule has 2 aliphatic rings. The van der Waals surface area contributed by atoms with Crippen molar-refractivity contribution >= 4 is 33.1 Å². The van der Waals surface area contributed by atoms with Gasteiger partial charge in [-0.2, -0.15) is 8.42 Å². The molecule has 1 N–H and O–H groups in total. The lowest BCUT2D eigenvalue weighted by Crippen LogP contribution is -2.45. The molecule has 1 aliphatic carbocycles. The van der Waals surface area contributed by atoms with Crippen LogP contribution in [0.3, 0.4) is 0 Å². The summed E-state index contributed by atoms with van der Waals surface area (Å²) in [4.78, 5) is 0.147. The third-order valence-corrected chi connectivity index (χ3v) is 4.68. The molecule has 96 valence electrons. The van der Waals surface area contributed by atoms with Crippen molar-refractivity contribution in [2.45, 2.75) is 17.7 Å². The van der Waals surface area contributed by atoms with Gasteiger partial charge < -0.3 is 0 Å². The molecular weight excluding hydrogens is 274 g/mol. The summed E-state index contributed by atoms with van der Waals surface area (Å²) in [5.74, 6) is 0.745. The number of hydrazine groups is 1. The average molecular weight is 286 g/mol. The van der Waals surface area contributed by atoms with E-state index in [1.54, 1.807) is 24.2 Å². The maximum atomic E-state index is 12.1. The summed E-state index contributed by atoms with van der Waals surface area (Å²) < 4.78 is 28.2. The highest BCUT2D eigenvalue weighted by Crippen LogP contribution is 2.41. The van der Waals surface area contributed by atoms with Gasteiger partial charge in [0.15, 0.2) is 0 Å². The molecule has 1 heterocycles. The molecule has 1 aliphatic heterocycles. The van der Waals surface area contributed by atoms with Gasteiger partial charge in [-0.25, -0.2) is 5.43 Å². The number of anilines is 1. The van der Waals surface area contributed by atoms with Gasteiger partial charge in [-0.1, -0.05) is 17.7 Å². The Morgan fingerprint density at radius 2 is 2.17 bits per heavy atom. The molecule has 0 aromatic heterocycles. The van der Waals surface area contributed by atoms with E-state index in [0.29, 0.717) is 16.5 Å². The standard InChI is InChI=1S/C11H12ClN3O2S/c1-13-15-10-8(12)3-2-4-9(10)18(16,17)14-11(15)7-5-6-7/h2-4,7,13H,5-6H2,1H3. The molecule has 3 rings (SSSR count). The van der Waals surface area contributed by atoms with Crippen LogP contribution in [0.5, 0.6) is 0 Å². The lowest BCUT2D eigenvalue weighted by Gasteiger charge is -2.30. The number of para-hydroxylation sites is 1. The van der Waals surface area contributed by atoms with Gasteiger partial charge in [0.25, 0.3) is 10.0 Å². The van der Waals surface area contributed by atoms with E-state index in [4.69, 9.17) is 11.6 Å². The number of nitrogens with zero attached hydrogens (tertiary/aromatic N) is 2. The Morgan fingerprint density at radius 3 is 2.78 bits per heavy atom. The van der Waals surface area contributed by atoms with E-state index in [1.807, 2.05) is 0 Å². The summed E-state index contributed by atoms with van der Waals surface area (Å²) in [5, 5.41) is 2.08. The fourth-order valence-electron chi connectivity index (χ4n) is 2.07. The number of sulfonamides is 1. The van der Waals surface area contributed by atoms with Gasteiger partial charge in [0.05, 0.1) is 10.7 Å². The Kier molecular flexibility index (Phi) is 2.62. The van der Waals surface area contributed by atoms with Crippen molar-refractivity contribution in [1.82, 2.24) is 5.43 Å². The Labute approximate surface area is 110 Å². The van der Waals surface area contributed by atoms with Gasteiger partial charge in [-0.15, -0.1) is 4.40 Å². The third kappa shape index (κ3) is 1.72. The van der Waals surface area contributed by atoms with Crippen molar-refractivity contribution < 1.29 is 8.42 Å². The van der Waals surface area contributed by atoms with Gasteiger partial charge in [0, 0.05) is 13.0 Å². The molecule has 0 radical (unpaired) electrons. The van der Waals surface area contributed by atoms with Crippen molar-refractivity contribution in [3.05, 3.63) is 23.2 Å². The Balaban J connectivity index is 2.26. The maximum absolute atomic E-state index is 12.1. The Bertz CT molecular complexity index is 638. The first-order valence-corrected chi connectivity index (χ1v) is 7.47. The normalized spacial score (nSPS) is 21.4. The van der Waals surface area contributed by atoms with E-state index >= 15 is 0 Å². The maximum Gasteiger partial charge on any atom is 0.286 e. The molecule has 0 unspecified atom stereocenters. The molecule has 0 saturated heterocycles. The number of amidine groups is 1. The minimum absolute atomic E-state index is 0.147. The van der Waals surface area contributed by atoms with Gasteiger partial charge in [-0.05, 0) is 25.0 Å². The number of fused-ring (bicyclic) bond motifs is 1. The van der Waals surface area contributed by atoms with Crippen LogP contribution in [0, 0.1) is 5.92 Å². The summed E-state index contributed by atoms with van der Waals surface area (Å²) in [6, 6.07) is 4.81. The largest absolute Gasteiger partial charge is 0.286 e. The van der Waals surface area contributed by atoms with Crippen molar-refractivity contribution in [2.75, 3.05) is 12.1 Å². The van der Waals surface area contributed by atoms with Crippen LogP contribution < -0.4 is 10.4 Å². The Hall–Kier alpha value is -1.11. The van der Waals surface area contributed by atoms with Crippen LogP contribution in [-0.4, -0.2) is 21.3 Å². The minimum Gasteiger partial charge on any atom is -0.260 e. The molecule has 7 heteroatoms. The molecule has 0 atom stereocenters. The monoisotopic (exact) mass is 285 g/mol. The van der Waals surface area contributed by atoms with Crippen molar-refractivity contribution in [2.24, 2.45) is 10.3 Å². The predicted molar refractivity (Wildman–Crippen MR) is 70.3 cm³/mol. The molecule has 18 heavy (non-hydrogen) atoms. The van der Waals surface area contributed by atoms with Crippen LogP contribution in [0.25, 0.3) is 0 Å². The number of hydrogen-bond acceptors (Lipinski definition) is 4. The van der Waals surface area contributed by atoms with E-state index in [1.165, 1.54) is 6.07 Å². The van der Waals surface area contributed by atoms with Crippen LogP contribution >= 0.6 is 11.6 Å². The summed E-state index contributed by atoms with van der Waals surface area (Å²) in [6.07, 6.45) is 1.93. The minimum atomic E-state index is -3.64. The zero-order valence-corrected chi connectivity index (χ0v) is 11.3. The van der Waals surface area contributed by atoms with Crippen LogP contribution in [0.15, 0.2) is 27.5 Å². The van der Waals surface area contributed by atoms with Gasteiger partial charge in [-0.3, -0.25) is 5.01 Å². The zero-order chi connectivity index (χ0) is 12.9. The second-order valence-electron chi connectivity index (χ2n) is 4.34. The van der Waals surface area contributed by atoms with Crippen molar-refractivity contribution in [1.29, 1.82) is 0 Å². The van der Waals surface area contributed by atoms with Gasteiger partial charge in [0.1, 0.15) is 10.7 Å². The molecule has 5 nitrogen and oxygen atoms in total. The van der Waals surface area contributed by atoms with Crippen LogP contribution in [-0.2, 0) is 10.0 Å². The topological polar surface area (TPSA) is 61.8 Å². The number of nitrogens with one attached hydrogen (secondary N) is 1. The summed E-state index contributed by atoms with van der Waals surface area (Å²) in [5.41, 5.74) is 3.43. The van der Waals surface area contributed by atoms with Crippen LogP contribution in [0.4, 0.5) is 5.69 Å². The first-order chi connectivity index (χ1) is 8.54. The van der Waals surface area contributed by atoms with E-state index in [9.17, 15) is 8.42 Å². The highest BCUT2D eigenvalue weighted by atomic mass is 35.5. The number of benzene rings is 1. The van der Waals surface area contributed by atoms with E-state index in [0.717, 1.165) is 12.8 Å². The summed E-state index contributed by atoms with van der Waals surface area (Å²) >= 11 is 6.13. The van der Waals surface area contributed by atoms with Gasteiger partial charge in [0.2, 0.25) is 0 Å². The van der Waals surface area contributed by atoms with Crippen LogP contribution in [0.2, 0.25) is 5.02 Å². The van der Waals surface area contributed by atoms with Gasteiger partial charge >= 0.3 is 0 Å². The molecule has 0 bridgehead atoms. The second kappa shape index (κ2) is 3.94. The molecule has 1 aromatic carbocycles. The van der Waals surface area contributed by atoms with E-state index < -0.39 is 10.0 Å². The fraction of sp³-hybridized carbons (Fsp3) is 0.364. The SMILES string of the molecule is CNN1C(C2CC2)=NS(=O)(=O)c2cccc(Cl)c21. The lowest BCUT2D eigenvalue weighted by molar-refractivity contribution is 0.595. The molecule has 1 aromatic rings. The highest BCUT2D eigenvalue weighted by Gasteiger charge is 2.39. The Morgan fingerprint density at radius 1 is 1.44 bits per heavy atom. The number of halogens is 1. The fourth-order valence-corrected chi connectivity index (χ4v) is 3.66. The zero-order valence-electron chi connectivity index (χ0n) is 9.72. The second-order valence-corrected chi connectivity index (χ2v) is 6.32. The summed E-state index contributed by atoms with van der Waals surface area (Å²) in [7, 11) is -1.91. The quantitative estimate of drug-likeness (QED) is 0.900. The highest BCUT2D eigenvalue weighted by molar-refractivity contribution is 7.90. The smallest absolute Gasteiger partial charge is 0.260 e. The molecule has 0 amide bonds. The molecule has 0 spiro atoms. The molecular formula is C11H12ClN3O2S. The molecule has 1 saturated carbocycles.